The van der Waals surface area contributed by atoms with Crippen molar-refractivity contribution in [2.24, 2.45) is 5.92 Å². The molecule has 1 N–H and O–H groups in total. The Labute approximate surface area is 128 Å². The Kier molecular flexibility index (Phi) is 4.60. The van der Waals surface area contributed by atoms with Gasteiger partial charge < -0.3 is 19.5 Å². The second kappa shape index (κ2) is 6.15. The molecule has 1 spiro atoms. The molecule has 4 heteroatoms. The summed E-state index contributed by atoms with van der Waals surface area (Å²) >= 11 is 0. The van der Waals surface area contributed by atoms with Gasteiger partial charge in [-0.15, -0.1) is 0 Å². The molecular formula is C17H31NO3. The van der Waals surface area contributed by atoms with Crippen LogP contribution in [0, 0.1) is 5.92 Å². The Morgan fingerprint density at radius 3 is 2.71 bits per heavy atom. The predicted molar refractivity (Wildman–Crippen MR) is 82.4 cm³/mol. The van der Waals surface area contributed by atoms with E-state index in [4.69, 9.17) is 9.47 Å². The maximum Gasteiger partial charge on any atom is 0.0940 e. The molecule has 3 saturated heterocycles. The molecule has 3 aliphatic rings. The molecule has 21 heavy (non-hydrogen) atoms. The van der Waals surface area contributed by atoms with Crippen LogP contribution in [-0.4, -0.2) is 60.2 Å². The number of ether oxygens (including phenoxy) is 2. The minimum Gasteiger partial charge on any atom is -0.390 e. The summed E-state index contributed by atoms with van der Waals surface area (Å²) in [5.41, 5.74) is -0.592. The van der Waals surface area contributed by atoms with E-state index in [0.29, 0.717) is 12.0 Å². The lowest BCUT2D eigenvalue weighted by molar-refractivity contribution is -0.146. The largest absolute Gasteiger partial charge is 0.390 e. The van der Waals surface area contributed by atoms with E-state index in [1.54, 1.807) is 0 Å². The highest BCUT2D eigenvalue weighted by molar-refractivity contribution is 4.98. The van der Waals surface area contributed by atoms with E-state index in [9.17, 15) is 5.11 Å². The fraction of sp³-hybridized carbons (Fsp3) is 1.00. The molecule has 3 heterocycles. The minimum atomic E-state index is -0.497. The Hall–Kier alpha value is -0.160. The number of hydrogen-bond acceptors (Lipinski definition) is 4. The third-order valence-electron chi connectivity index (χ3n) is 5.94. The van der Waals surface area contributed by atoms with Gasteiger partial charge in [-0.3, -0.25) is 0 Å². The molecule has 0 radical (unpaired) electrons. The van der Waals surface area contributed by atoms with Gasteiger partial charge in [0, 0.05) is 32.2 Å². The first-order valence-electron chi connectivity index (χ1n) is 8.71. The summed E-state index contributed by atoms with van der Waals surface area (Å²) in [6.07, 6.45) is 5.93. The van der Waals surface area contributed by atoms with Crippen molar-refractivity contribution in [1.82, 2.24) is 4.90 Å². The van der Waals surface area contributed by atoms with Gasteiger partial charge in [-0.2, -0.15) is 0 Å². The predicted octanol–water partition coefficient (Wildman–Crippen LogP) is 2.20. The summed E-state index contributed by atoms with van der Waals surface area (Å²) in [7, 11) is 0. The van der Waals surface area contributed by atoms with E-state index in [1.165, 1.54) is 0 Å². The molecule has 122 valence electrons. The van der Waals surface area contributed by atoms with E-state index in [2.05, 4.69) is 18.7 Å². The number of likely N-dealkylation sites (tertiary alicyclic amines) is 1. The first-order chi connectivity index (χ1) is 10.0. The van der Waals surface area contributed by atoms with Crippen LogP contribution >= 0.6 is 0 Å². The van der Waals surface area contributed by atoms with Gasteiger partial charge in [-0.1, -0.05) is 0 Å². The van der Waals surface area contributed by atoms with Gasteiger partial charge >= 0.3 is 0 Å². The van der Waals surface area contributed by atoms with Crippen molar-refractivity contribution in [2.75, 3.05) is 32.9 Å². The highest BCUT2D eigenvalue weighted by Crippen LogP contribution is 2.43. The fourth-order valence-corrected chi connectivity index (χ4v) is 4.44. The maximum absolute atomic E-state index is 11.3. The van der Waals surface area contributed by atoms with Crippen LogP contribution < -0.4 is 0 Å². The first kappa shape index (κ1) is 15.7. The molecule has 0 aromatic rings. The zero-order valence-corrected chi connectivity index (χ0v) is 13.6. The molecule has 3 atom stereocenters. The molecule has 3 unspecified atom stereocenters. The van der Waals surface area contributed by atoms with Crippen molar-refractivity contribution >= 4 is 0 Å². The smallest absolute Gasteiger partial charge is 0.0940 e. The summed E-state index contributed by atoms with van der Waals surface area (Å²) in [5.74, 6) is 0.375. The first-order valence-corrected chi connectivity index (χ1v) is 8.71. The molecule has 0 aliphatic carbocycles. The molecule has 4 nitrogen and oxygen atoms in total. The van der Waals surface area contributed by atoms with E-state index in [0.717, 1.165) is 71.4 Å². The van der Waals surface area contributed by atoms with E-state index in [1.807, 2.05) is 0 Å². The van der Waals surface area contributed by atoms with Crippen LogP contribution in [0.15, 0.2) is 0 Å². The van der Waals surface area contributed by atoms with Crippen molar-refractivity contribution in [1.29, 1.82) is 0 Å². The van der Waals surface area contributed by atoms with Crippen molar-refractivity contribution < 1.29 is 14.6 Å². The van der Waals surface area contributed by atoms with E-state index >= 15 is 0 Å². The van der Waals surface area contributed by atoms with Crippen LogP contribution in [0.2, 0.25) is 0 Å². The fourth-order valence-electron chi connectivity index (χ4n) is 4.44. The van der Waals surface area contributed by atoms with Gasteiger partial charge in [0.15, 0.2) is 0 Å². The number of nitrogens with zero attached hydrogens (tertiary/aromatic N) is 1. The lowest BCUT2D eigenvalue weighted by Gasteiger charge is -2.44. The van der Waals surface area contributed by atoms with Crippen LogP contribution in [0.1, 0.15) is 52.4 Å². The summed E-state index contributed by atoms with van der Waals surface area (Å²) < 4.78 is 11.6. The Morgan fingerprint density at radius 1 is 1.14 bits per heavy atom. The molecule has 0 bridgehead atoms. The highest BCUT2D eigenvalue weighted by Gasteiger charge is 2.48. The summed E-state index contributed by atoms with van der Waals surface area (Å²) in [4.78, 5) is 2.51. The molecule has 0 aromatic heterocycles. The lowest BCUT2D eigenvalue weighted by Crippen LogP contribution is -2.49. The topological polar surface area (TPSA) is 41.9 Å². The van der Waals surface area contributed by atoms with Crippen molar-refractivity contribution in [3.05, 3.63) is 0 Å². The molecule has 3 fully saturated rings. The quantitative estimate of drug-likeness (QED) is 0.848. The van der Waals surface area contributed by atoms with Crippen LogP contribution in [0.3, 0.4) is 0 Å². The zero-order valence-electron chi connectivity index (χ0n) is 13.6. The van der Waals surface area contributed by atoms with Gasteiger partial charge in [0.25, 0.3) is 0 Å². The normalized spacial score (nSPS) is 42.6. The second-order valence-electron chi connectivity index (χ2n) is 7.61. The SMILES string of the molecule is CC(C)N1CCCC(O)(C2CCOC3(CCOC3)C2)CC1. The second-order valence-corrected chi connectivity index (χ2v) is 7.61. The molecule has 0 saturated carbocycles. The zero-order chi connectivity index (χ0) is 14.9. The summed E-state index contributed by atoms with van der Waals surface area (Å²) in [5, 5.41) is 11.3. The monoisotopic (exact) mass is 297 g/mol. The third kappa shape index (κ3) is 3.29. The average Bonchev–Trinajstić information content (AvgIpc) is 2.79. The van der Waals surface area contributed by atoms with Gasteiger partial charge in [0.2, 0.25) is 0 Å². The Bertz CT molecular complexity index is 354. The highest BCUT2D eigenvalue weighted by atomic mass is 16.6. The molecular weight excluding hydrogens is 266 g/mol. The lowest BCUT2D eigenvalue weighted by atomic mass is 9.72. The van der Waals surface area contributed by atoms with Gasteiger partial charge in [0.05, 0.1) is 17.8 Å². The van der Waals surface area contributed by atoms with Crippen LogP contribution in [0.5, 0.6) is 0 Å². The van der Waals surface area contributed by atoms with Crippen LogP contribution in [-0.2, 0) is 9.47 Å². The van der Waals surface area contributed by atoms with Gasteiger partial charge in [-0.25, -0.2) is 0 Å². The van der Waals surface area contributed by atoms with E-state index < -0.39 is 5.60 Å². The number of rotatable bonds is 2. The van der Waals surface area contributed by atoms with Gasteiger partial charge in [0.1, 0.15) is 0 Å². The molecule has 3 rings (SSSR count). The van der Waals surface area contributed by atoms with Crippen molar-refractivity contribution in [3.63, 3.8) is 0 Å². The summed E-state index contributed by atoms with van der Waals surface area (Å²) in [6.45, 7) is 8.97. The van der Waals surface area contributed by atoms with Crippen molar-refractivity contribution in [3.8, 4) is 0 Å². The summed E-state index contributed by atoms with van der Waals surface area (Å²) in [6, 6.07) is 0.580. The van der Waals surface area contributed by atoms with Crippen LogP contribution in [0.25, 0.3) is 0 Å². The Balaban J connectivity index is 1.66. The molecule has 3 aliphatic heterocycles. The molecule has 0 aromatic carbocycles. The van der Waals surface area contributed by atoms with Crippen LogP contribution in [0.4, 0.5) is 0 Å². The maximum atomic E-state index is 11.3. The van der Waals surface area contributed by atoms with Gasteiger partial charge in [-0.05, 0) is 58.4 Å². The number of aliphatic hydroxyl groups is 1. The number of hydrogen-bond donors (Lipinski definition) is 1. The van der Waals surface area contributed by atoms with Crippen molar-refractivity contribution in [2.45, 2.75) is 69.6 Å². The average molecular weight is 297 g/mol. The Morgan fingerprint density at radius 2 is 2.00 bits per heavy atom. The standard InChI is InChI=1S/C17H31NO3/c1-14(2)18-8-3-5-17(19,6-9-18)15-4-10-21-16(12-15)7-11-20-13-16/h14-15,19H,3-13H2,1-2H3. The minimum absolute atomic E-state index is 0.0946. The van der Waals surface area contributed by atoms with E-state index in [-0.39, 0.29) is 5.60 Å². The molecule has 0 amide bonds. The third-order valence-corrected chi connectivity index (χ3v) is 5.94.